The molecule has 0 saturated carbocycles. The highest BCUT2D eigenvalue weighted by Gasteiger charge is 2.29. The van der Waals surface area contributed by atoms with Crippen molar-refractivity contribution in [1.29, 1.82) is 0 Å². The molecule has 3 rings (SSSR count). The van der Waals surface area contributed by atoms with Gasteiger partial charge in [0, 0.05) is 23.5 Å². The molecule has 4 nitrogen and oxygen atoms in total. The highest BCUT2D eigenvalue weighted by atomic mass is 35.5. The van der Waals surface area contributed by atoms with Crippen LogP contribution in [0.25, 0.3) is 0 Å². The first kappa shape index (κ1) is 19.0. The summed E-state index contributed by atoms with van der Waals surface area (Å²) in [6.45, 7) is 0.615. The molecule has 0 radical (unpaired) electrons. The molecule has 1 aromatic heterocycles. The van der Waals surface area contributed by atoms with Gasteiger partial charge in [0.2, 0.25) is 5.95 Å². The van der Waals surface area contributed by atoms with Crippen LogP contribution in [0.1, 0.15) is 11.1 Å². The number of nitrogens with one attached hydrogen (secondary N) is 2. The highest BCUT2D eigenvalue weighted by Crippen LogP contribution is 2.30. The van der Waals surface area contributed by atoms with Crippen molar-refractivity contribution in [3.05, 3.63) is 76.9 Å². The number of hydrogen-bond donors (Lipinski definition) is 2. The number of aromatic nitrogens is 2. The second-order valence-corrected chi connectivity index (χ2v) is 6.21. The van der Waals surface area contributed by atoms with Crippen LogP contribution in [0.15, 0.2) is 60.8 Å². The predicted molar refractivity (Wildman–Crippen MR) is 100 cm³/mol. The van der Waals surface area contributed by atoms with Crippen LogP contribution in [0.4, 0.5) is 30.6 Å². The van der Waals surface area contributed by atoms with Crippen molar-refractivity contribution in [3.63, 3.8) is 0 Å². The Balaban J connectivity index is 1.58. The third kappa shape index (κ3) is 5.59. The Morgan fingerprint density at radius 3 is 2.48 bits per heavy atom. The fourth-order valence-corrected chi connectivity index (χ4v) is 2.63. The highest BCUT2D eigenvalue weighted by molar-refractivity contribution is 6.30. The summed E-state index contributed by atoms with van der Waals surface area (Å²) < 4.78 is 37.8. The minimum Gasteiger partial charge on any atom is -0.354 e. The van der Waals surface area contributed by atoms with E-state index < -0.39 is 11.7 Å². The average Bonchev–Trinajstić information content (AvgIpc) is 2.62. The number of hydrogen-bond acceptors (Lipinski definition) is 4. The fraction of sp³-hybridized carbons (Fsp3) is 0.158. The van der Waals surface area contributed by atoms with E-state index in [0.717, 1.165) is 24.1 Å². The van der Waals surface area contributed by atoms with Gasteiger partial charge in [-0.25, -0.2) is 4.98 Å². The molecular weight excluding hydrogens is 377 g/mol. The summed E-state index contributed by atoms with van der Waals surface area (Å²) in [7, 11) is 0. The molecule has 0 aliphatic carbocycles. The van der Waals surface area contributed by atoms with Gasteiger partial charge in [-0.15, -0.1) is 0 Å². The van der Waals surface area contributed by atoms with Gasteiger partial charge in [0.05, 0.1) is 5.56 Å². The normalized spacial score (nSPS) is 11.3. The minimum atomic E-state index is -4.35. The van der Waals surface area contributed by atoms with Crippen LogP contribution in [0.3, 0.4) is 0 Å². The van der Waals surface area contributed by atoms with Gasteiger partial charge in [-0.05, 0) is 54.4 Å². The molecule has 3 aromatic rings. The molecule has 27 heavy (non-hydrogen) atoms. The third-order valence-corrected chi connectivity index (χ3v) is 3.96. The maximum Gasteiger partial charge on any atom is 0.416 e. The summed E-state index contributed by atoms with van der Waals surface area (Å²) in [5.74, 6) is 0.906. The van der Waals surface area contributed by atoms with E-state index >= 15 is 0 Å². The van der Waals surface area contributed by atoms with Crippen molar-refractivity contribution < 1.29 is 13.2 Å². The number of rotatable bonds is 6. The Hall–Kier alpha value is -2.80. The van der Waals surface area contributed by atoms with E-state index in [4.69, 9.17) is 11.6 Å². The molecule has 0 saturated heterocycles. The molecule has 0 bridgehead atoms. The summed E-state index contributed by atoms with van der Waals surface area (Å²) in [6, 6.07) is 14.0. The number of benzene rings is 2. The van der Waals surface area contributed by atoms with Crippen LogP contribution in [0.2, 0.25) is 5.02 Å². The minimum absolute atomic E-state index is 0.425. The zero-order valence-corrected chi connectivity index (χ0v) is 14.8. The topological polar surface area (TPSA) is 49.8 Å². The maximum absolute atomic E-state index is 12.6. The molecule has 0 fully saturated rings. The van der Waals surface area contributed by atoms with Crippen LogP contribution in [-0.4, -0.2) is 16.5 Å². The summed E-state index contributed by atoms with van der Waals surface area (Å²) in [5, 5.41) is 6.76. The second-order valence-electron chi connectivity index (χ2n) is 5.77. The lowest BCUT2D eigenvalue weighted by Gasteiger charge is -2.10. The van der Waals surface area contributed by atoms with Gasteiger partial charge in [-0.2, -0.15) is 18.2 Å². The van der Waals surface area contributed by atoms with Crippen LogP contribution in [0.5, 0.6) is 0 Å². The van der Waals surface area contributed by atoms with Crippen LogP contribution in [-0.2, 0) is 12.6 Å². The van der Waals surface area contributed by atoms with Gasteiger partial charge < -0.3 is 10.6 Å². The molecule has 0 atom stereocenters. The summed E-state index contributed by atoms with van der Waals surface area (Å²) >= 11 is 5.96. The molecule has 140 valence electrons. The SMILES string of the molecule is FC(F)(F)c1ccc(Nc2ccnc(NCCc3cccc(Cl)c3)n2)cc1. The summed E-state index contributed by atoms with van der Waals surface area (Å²) in [6.07, 6.45) is -2.03. The molecule has 1 heterocycles. The second kappa shape index (κ2) is 8.26. The molecule has 0 amide bonds. The van der Waals surface area contributed by atoms with Crippen molar-refractivity contribution in [2.45, 2.75) is 12.6 Å². The Morgan fingerprint density at radius 1 is 1.00 bits per heavy atom. The van der Waals surface area contributed by atoms with Gasteiger partial charge in [0.1, 0.15) is 5.82 Å². The molecule has 0 aliphatic rings. The summed E-state index contributed by atoms with van der Waals surface area (Å²) in [5.41, 5.74) is 0.903. The fourth-order valence-electron chi connectivity index (χ4n) is 2.42. The van der Waals surface area contributed by atoms with Gasteiger partial charge in [-0.1, -0.05) is 23.7 Å². The Labute approximate surface area is 159 Å². The summed E-state index contributed by atoms with van der Waals surface area (Å²) in [4.78, 5) is 8.45. The van der Waals surface area contributed by atoms with Crippen molar-refractivity contribution in [2.24, 2.45) is 0 Å². The lowest BCUT2D eigenvalue weighted by Crippen LogP contribution is -2.08. The number of alkyl halides is 3. The number of anilines is 3. The van der Waals surface area contributed by atoms with Crippen molar-refractivity contribution in [1.82, 2.24) is 9.97 Å². The first-order chi connectivity index (χ1) is 12.9. The molecule has 0 aliphatic heterocycles. The van der Waals surface area contributed by atoms with E-state index in [0.29, 0.717) is 29.0 Å². The van der Waals surface area contributed by atoms with E-state index in [1.54, 1.807) is 12.3 Å². The monoisotopic (exact) mass is 392 g/mol. The standard InChI is InChI=1S/C19H16ClF3N4/c20-15-3-1-2-13(12-15)8-10-24-18-25-11-9-17(27-18)26-16-6-4-14(5-7-16)19(21,22)23/h1-7,9,11-12H,8,10H2,(H2,24,25,26,27). The lowest BCUT2D eigenvalue weighted by atomic mass is 10.1. The Morgan fingerprint density at radius 2 is 1.78 bits per heavy atom. The molecular formula is C19H16ClF3N4. The Kier molecular flexibility index (Phi) is 5.81. The molecule has 2 N–H and O–H groups in total. The maximum atomic E-state index is 12.6. The van der Waals surface area contributed by atoms with E-state index in [1.165, 1.54) is 12.1 Å². The zero-order valence-electron chi connectivity index (χ0n) is 14.1. The van der Waals surface area contributed by atoms with Gasteiger partial charge in [0.25, 0.3) is 0 Å². The smallest absolute Gasteiger partial charge is 0.354 e. The molecule has 0 spiro atoms. The third-order valence-electron chi connectivity index (χ3n) is 3.73. The largest absolute Gasteiger partial charge is 0.416 e. The van der Waals surface area contributed by atoms with Crippen LogP contribution >= 0.6 is 11.6 Å². The van der Waals surface area contributed by atoms with Crippen molar-refractivity contribution in [2.75, 3.05) is 17.2 Å². The number of halogens is 4. The van der Waals surface area contributed by atoms with Crippen molar-refractivity contribution >= 4 is 29.1 Å². The van der Waals surface area contributed by atoms with E-state index in [9.17, 15) is 13.2 Å². The molecule has 0 unspecified atom stereocenters. The van der Waals surface area contributed by atoms with E-state index in [2.05, 4.69) is 20.6 Å². The van der Waals surface area contributed by atoms with Crippen LogP contribution in [0, 0.1) is 0 Å². The molecule has 2 aromatic carbocycles. The first-order valence-corrected chi connectivity index (χ1v) is 8.53. The average molecular weight is 393 g/mol. The van der Waals surface area contributed by atoms with E-state index in [-0.39, 0.29) is 0 Å². The predicted octanol–water partition coefficient (Wildman–Crippen LogP) is 5.55. The van der Waals surface area contributed by atoms with E-state index in [1.807, 2.05) is 24.3 Å². The number of nitrogens with zero attached hydrogens (tertiary/aromatic N) is 2. The van der Waals surface area contributed by atoms with Gasteiger partial charge in [-0.3, -0.25) is 0 Å². The van der Waals surface area contributed by atoms with Gasteiger partial charge in [0.15, 0.2) is 0 Å². The van der Waals surface area contributed by atoms with Crippen molar-refractivity contribution in [3.8, 4) is 0 Å². The van der Waals surface area contributed by atoms with Gasteiger partial charge >= 0.3 is 6.18 Å². The van der Waals surface area contributed by atoms with Crippen LogP contribution < -0.4 is 10.6 Å². The Bertz CT molecular complexity index is 898. The first-order valence-electron chi connectivity index (χ1n) is 8.16. The lowest BCUT2D eigenvalue weighted by molar-refractivity contribution is -0.137. The molecule has 8 heteroatoms. The quantitative estimate of drug-likeness (QED) is 0.577. The zero-order chi connectivity index (χ0) is 19.3.